The van der Waals surface area contributed by atoms with Crippen LogP contribution in [0.25, 0.3) is 0 Å². The maximum atomic E-state index is 12.6. The Balaban J connectivity index is 2.32. The fourth-order valence-electron chi connectivity index (χ4n) is 1.56. The molecule has 1 unspecified atom stereocenters. The molecule has 18 heavy (non-hydrogen) atoms. The van der Waals surface area contributed by atoms with Crippen LogP contribution in [0.3, 0.4) is 0 Å². The average molecular weight is 253 g/mol. The number of hydrogen-bond donors (Lipinski definition) is 2. The van der Waals surface area contributed by atoms with E-state index in [1.165, 1.54) is 12.1 Å². The first kappa shape index (κ1) is 14.2. The lowest BCUT2D eigenvalue weighted by molar-refractivity contribution is -0.138. The molecule has 0 aliphatic rings. The standard InChI is InChI=1S/C13H16FNO3/c1-9(7-13(17)18)6-12(16)15-8-10-2-4-11(14)5-3-10/h2-5,9H,6-8H2,1H3,(H,15,16)(H,17,18). The second-order valence-corrected chi connectivity index (χ2v) is 4.31. The van der Waals surface area contributed by atoms with Gasteiger partial charge in [0.25, 0.3) is 0 Å². The molecule has 0 heterocycles. The lowest BCUT2D eigenvalue weighted by Gasteiger charge is -2.09. The highest BCUT2D eigenvalue weighted by Gasteiger charge is 2.12. The number of rotatable bonds is 6. The van der Waals surface area contributed by atoms with Crippen molar-refractivity contribution in [3.63, 3.8) is 0 Å². The predicted molar refractivity (Wildman–Crippen MR) is 64.3 cm³/mol. The number of carboxylic acid groups (broad SMARTS) is 1. The van der Waals surface area contributed by atoms with Gasteiger partial charge in [-0.2, -0.15) is 0 Å². The van der Waals surface area contributed by atoms with E-state index >= 15 is 0 Å². The quantitative estimate of drug-likeness (QED) is 0.814. The Morgan fingerprint density at radius 3 is 2.44 bits per heavy atom. The molecule has 98 valence electrons. The summed E-state index contributed by atoms with van der Waals surface area (Å²) in [5, 5.41) is 11.2. The summed E-state index contributed by atoms with van der Waals surface area (Å²) in [6.45, 7) is 2.03. The highest BCUT2D eigenvalue weighted by Crippen LogP contribution is 2.07. The first-order valence-electron chi connectivity index (χ1n) is 5.70. The van der Waals surface area contributed by atoms with Crippen molar-refractivity contribution in [2.75, 3.05) is 0 Å². The number of carbonyl (C=O) groups excluding carboxylic acids is 1. The van der Waals surface area contributed by atoms with Gasteiger partial charge in [0.15, 0.2) is 0 Å². The Morgan fingerprint density at radius 2 is 1.89 bits per heavy atom. The molecule has 0 aliphatic heterocycles. The molecule has 2 N–H and O–H groups in total. The number of hydrogen-bond acceptors (Lipinski definition) is 2. The van der Waals surface area contributed by atoms with E-state index < -0.39 is 5.97 Å². The van der Waals surface area contributed by atoms with Gasteiger partial charge >= 0.3 is 5.97 Å². The van der Waals surface area contributed by atoms with E-state index in [0.29, 0.717) is 6.54 Å². The third kappa shape index (κ3) is 5.43. The van der Waals surface area contributed by atoms with Gasteiger partial charge in [0.05, 0.1) is 0 Å². The van der Waals surface area contributed by atoms with E-state index in [0.717, 1.165) is 5.56 Å². The van der Waals surface area contributed by atoms with Gasteiger partial charge in [-0.25, -0.2) is 4.39 Å². The summed E-state index contributed by atoms with van der Waals surface area (Å²) in [5.74, 6) is -1.63. The summed E-state index contributed by atoms with van der Waals surface area (Å²) in [7, 11) is 0. The van der Waals surface area contributed by atoms with Crippen LogP contribution in [0.15, 0.2) is 24.3 Å². The molecule has 1 aromatic carbocycles. The van der Waals surface area contributed by atoms with Crippen molar-refractivity contribution in [3.05, 3.63) is 35.6 Å². The number of aliphatic carboxylic acids is 1. The molecule has 0 radical (unpaired) electrons. The fourth-order valence-corrected chi connectivity index (χ4v) is 1.56. The molecule has 0 fully saturated rings. The topological polar surface area (TPSA) is 66.4 Å². The van der Waals surface area contributed by atoms with E-state index in [2.05, 4.69) is 5.32 Å². The third-order valence-corrected chi connectivity index (χ3v) is 2.46. The number of carbonyl (C=O) groups is 2. The van der Waals surface area contributed by atoms with Crippen LogP contribution in [0.1, 0.15) is 25.3 Å². The van der Waals surface area contributed by atoms with Crippen molar-refractivity contribution in [3.8, 4) is 0 Å². The second-order valence-electron chi connectivity index (χ2n) is 4.31. The zero-order valence-electron chi connectivity index (χ0n) is 10.1. The van der Waals surface area contributed by atoms with Crippen LogP contribution in [-0.4, -0.2) is 17.0 Å². The second kappa shape index (κ2) is 6.74. The average Bonchev–Trinajstić information content (AvgIpc) is 2.27. The van der Waals surface area contributed by atoms with Gasteiger partial charge in [-0.15, -0.1) is 0 Å². The number of nitrogens with one attached hydrogen (secondary N) is 1. The van der Waals surface area contributed by atoms with Crippen molar-refractivity contribution in [1.82, 2.24) is 5.32 Å². The van der Waals surface area contributed by atoms with Crippen molar-refractivity contribution in [1.29, 1.82) is 0 Å². The zero-order valence-corrected chi connectivity index (χ0v) is 10.1. The lowest BCUT2D eigenvalue weighted by Crippen LogP contribution is -2.25. The van der Waals surface area contributed by atoms with Crippen molar-refractivity contribution in [2.45, 2.75) is 26.3 Å². The van der Waals surface area contributed by atoms with Crippen LogP contribution in [-0.2, 0) is 16.1 Å². The lowest BCUT2D eigenvalue weighted by atomic mass is 10.0. The van der Waals surface area contributed by atoms with Gasteiger partial charge in [0.2, 0.25) is 5.91 Å². The summed E-state index contributed by atoms with van der Waals surface area (Å²) >= 11 is 0. The molecule has 1 atom stereocenters. The van der Waals surface area contributed by atoms with Crippen LogP contribution < -0.4 is 5.32 Å². The van der Waals surface area contributed by atoms with Gasteiger partial charge in [-0.3, -0.25) is 9.59 Å². The minimum atomic E-state index is -0.908. The molecule has 0 saturated heterocycles. The summed E-state index contributed by atoms with van der Waals surface area (Å²) in [4.78, 5) is 21.9. The molecular formula is C13H16FNO3. The van der Waals surface area contributed by atoms with Crippen molar-refractivity contribution in [2.24, 2.45) is 5.92 Å². The zero-order chi connectivity index (χ0) is 13.5. The molecular weight excluding hydrogens is 237 g/mol. The Labute approximate surface area is 105 Å². The number of benzene rings is 1. The number of amides is 1. The van der Waals surface area contributed by atoms with Gasteiger partial charge in [0, 0.05) is 19.4 Å². The molecule has 1 rings (SSSR count). The molecule has 0 bridgehead atoms. The maximum Gasteiger partial charge on any atom is 0.303 e. The molecule has 0 aromatic heterocycles. The summed E-state index contributed by atoms with van der Waals surface area (Å²) in [5.41, 5.74) is 0.802. The Bertz CT molecular complexity index is 417. The van der Waals surface area contributed by atoms with Crippen LogP contribution >= 0.6 is 0 Å². The van der Waals surface area contributed by atoms with Gasteiger partial charge in [-0.1, -0.05) is 19.1 Å². The summed E-state index contributed by atoms with van der Waals surface area (Å²) in [6, 6.07) is 5.84. The first-order chi connectivity index (χ1) is 8.47. The predicted octanol–water partition coefficient (Wildman–Crippen LogP) is 1.94. The minimum Gasteiger partial charge on any atom is -0.481 e. The highest BCUT2D eigenvalue weighted by atomic mass is 19.1. The SMILES string of the molecule is CC(CC(=O)O)CC(=O)NCc1ccc(F)cc1. The molecule has 0 spiro atoms. The van der Waals surface area contributed by atoms with E-state index in [4.69, 9.17) is 5.11 Å². The van der Waals surface area contributed by atoms with Crippen molar-refractivity contribution >= 4 is 11.9 Å². The van der Waals surface area contributed by atoms with Crippen LogP contribution in [0.5, 0.6) is 0 Å². The van der Waals surface area contributed by atoms with Crippen LogP contribution in [0.4, 0.5) is 4.39 Å². The Morgan fingerprint density at radius 1 is 1.28 bits per heavy atom. The molecule has 0 saturated carbocycles. The highest BCUT2D eigenvalue weighted by molar-refractivity contribution is 5.77. The van der Waals surface area contributed by atoms with Gasteiger partial charge in [0.1, 0.15) is 5.82 Å². The molecule has 1 aromatic rings. The van der Waals surface area contributed by atoms with E-state index in [1.807, 2.05) is 0 Å². The van der Waals surface area contributed by atoms with Gasteiger partial charge in [-0.05, 0) is 23.6 Å². The molecule has 1 amide bonds. The summed E-state index contributed by atoms with van der Waals surface area (Å²) in [6.07, 6.45) is 0.150. The maximum absolute atomic E-state index is 12.6. The van der Waals surface area contributed by atoms with Crippen LogP contribution in [0, 0.1) is 11.7 Å². The fraction of sp³-hybridized carbons (Fsp3) is 0.385. The Hall–Kier alpha value is -1.91. The molecule has 5 heteroatoms. The molecule has 4 nitrogen and oxygen atoms in total. The largest absolute Gasteiger partial charge is 0.481 e. The van der Waals surface area contributed by atoms with Crippen molar-refractivity contribution < 1.29 is 19.1 Å². The van der Waals surface area contributed by atoms with E-state index in [-0.39, 0.29) is 30.5 Å². The monoisotopic (exact) mass is 253 g/mol. The van der Waals surface area contributed by atoms with E-state index in [1.54, 1.807) is 19.1 Å². The number of carboxylic acids is 1. The van der Waals surface area contributed by atoms with Crippen LogP contribution in [0.2, 0.25) is 0 Å². The van der Waals surface area contributed by atoms with Gasteiger partial charge < -0.3 is 10.4 Å². The minimum absolute atomic E-state index is 0.0238. The molecule has 0 aliphatic carbocycles. The first-order valence-corrected chi connectivity index (χ1v) is 5.70. The third-order valence-electron chi connectivity index (χ3n) is 2.46. The summed E-state index contributed by atoms with van der Waals surface area (Å²) < 4.78 is 12.6. The Kier molecular flexibility index (Phi) is 5.30. The normalized spacial score (nSPS) is 11.9. The smallest absolute Gasteiger partial charge is 0.303 e. The van der Waals surface area contributed by atoms with E-state index in [9.17, 15) is 14.0 Å². The number of halogens is 1.